The van der Waals surface area contributed by atoms with Crippen molar-refractivity contribution in [3.63, 3.8) is 0 Å². The third-order valence-electron chi connectivity index (χ3n) is 2.08. The number of benzene rings is 1. The lowest BCUT2D eigenvalue weighted by Crippen LogP contribution is -2.31. The maximum atomic E-state index is 11.2. The highest BCUT2D eigenvalue weighted by atomic mass is 32.2. The summed E-state index contributed by atoms with van der Waals surface area (Å²) in [4.78, 5) is 11.2. The summed E-state index contributed by atoms with van der Waals surface area (Å²) in [6, 6.07) is 7.73. The van der Waals surface area contributed by atoms with Crippen LogP contribution in [0.15, 0.2) is 43.0 Å². The summed E-state index contributed by atoms with van der Waals surface area (Å²) < 4.78 is 30.6. The number of amides is 1. The quantitative estimate of drug-likeness (QED) is 0.605. The van der Waals surface area contributed by atoms with E-state index in [1.165, 1.54) is 0 Å². The molecule has 0 spiro atoms. The Hall–Kier alpha value is -1.66. The first kappa shape index (κ1) is 13.4. The molecule has 0 radical (unpaired) electrons. The van der Waals surface area contributed by atoms with Gasteiger partial charge in [-0.15, -0.1) is 0 Å². The van der Waals surface area contributed by atoms with Gasteiger partial charge in [0.1, 0.15) is 0 Å². The molecule has 1 aromatic rings. The van der Waals surface area contributed by atoms with Crippen LogP contribution in [0.3, 0.4) is 0 Å². The molecule has 0 aromatic heterocycles. The molecule has 5 nitrogen and oxygen atoms in total. The van der Waals surface area contributed by atoms with Crippen LogP contribution < -0.4 is 5.32 Å². The van der Waals surface area contributed by atoms with E-state index in [0.29, 0.717) is 5.56 Å². The second kappa shape index (κ2) is 5.60. The smallest absolute Gasteiger partial charge is 0.267 e. The Balaban J connectivity index is 2.94. The first-order valence-electron chi connectivity index (χ1n) is 4.85. The van der Waals surface area contributed by atoms with Crippen molar-refractivity contribution < 1.29 is 17.8 Å². The average Bonchev–Trinajstić information content (AvgIpc) is 2.27. The standard InChI is InChI=1S/C11H13NO4S/c1-2-11(13)12-10(8-17(14,15)16)9-6-4-3-5-7-9/h2-7,10H,1,8H2,(H,12,13)(H,14,15,16)/t10-/m1/s1. The van der Waals surface area contributed by atoms with Gasteiger partial charge >= 0.3 is 0 Å². The molecule has 0 aliphatic carbocycles. The minimum atomic E-state index is -4.17. The Kier molecular flexibility index (Phi) is 4.42. The number of hydrogen-bond acceptors (Lipinski definition) is 3. The zero-order chi connectivity index (χ0) is 12.9. The van der Waals surface area contributed by atoms with Crippen LogP contribution in [0.2, 0.25) is 0 Å². The summed E-state index contributed by atoms with van der Waals surface area (Å²) >= 11 is 0. The summed E-state index contributed by atoms with van der Waals surface area (Å²) in [5.74, 6) is -1.07. The third-order valence-corrected chi connectivity index (χ3v) is 2.84. The van der Waals surface area contributed by atoms with Crippen molar-refractivity contribution in [3.05, 3.63) is 48.6 Å². The third kappa shape index (κ3) is 4.80. The first-order valence-corrected chi connectivity index (χ1v) is 6.46. The van der Waals surface area contributed by atoms with Gasteiger partial charge in [-0.25, -0.2) is 0 Å². The Labute approximate surface area is 99.9 Å². The van der Waals surface area contributed by atoms with Gasteiger partial charge in [-0.2, -0.15) is 8.42 Å². The molecule has 0 saturated carbocycles. The number of carbonyl (C=O) groups excluding carboxylic acids is 1. The van der Waals surface area contributed by atoms with E-state index in [0.717, 1.165) is 6.08 Å². The van der Waals surface area contributed by atoms with E-state index in [2.05, 4.69) is 11.9 Å². The average molecular weight is 255 g/mol. The van der Waals surface area contributed by atoms with Crippen LogP contribution in [0.5, 0.6) is 0 Å². The van der Waals surface area contributed by atoms with Crippen LogP contribution in [0.1, 0.15) is 11.6 Å². The number of hydrogen-bond donors (Lipinski definition) is 2. The van der Waals surface area contributed by atoms with E-state index in [1.807, 2.05) is 0 Å². The summed E-state index contributed by atoms with van der Waals surface area (Å²) in [6.45, 7) is 3.28. The SMILES string of the molecule is C=CC(=O)N[C@H](CS(=O)(=O)O)c1ccccc1. The molecule has 1 aromatic carbocycles. The molecule has 0 unspecified atom stereocenters. The minimum absolute atomic E-state index is 0.498. The molecule has 0 aliphatic rings. The van der Waals surface area contributed by atoms with Gasteiger partial charge in [0.25, 0.3) is 10.1 Å². The maximum Gasteiger partial charge on any atom is 0.267 e. The van der Waals surface area contributed by atoms with E-state index < -0.39 is 27.8 Å². The number of rotatable bonds is 5. The molecule has 0 fully saturated rings. The van der Waals surface area contributed by atoms with Crippen molar-refractivity contribution in [2.75, 3.05) is 5.75 Å². The van der Waals surface area contributed by atoms with Crippen molar-refractivity contribution >= 4 is 16.0 Å². The fourth-order valence-corrected chi connectivity index (χ4v) is 2.04. The molecule has 0 heterocycles. The predicted molar refractivity (Wildman–Crippen MR) is 63.9 cm³/mol. The van der Waals surface area contributed by atoms with E-state index in [9.17, 15) is 13.2 Å². The van der Waals surface area contributed by atoms with E-state index in [1.54, 1.807) is 30.3 Å². The Morgan fingerprint density at radius 2 is 2.00 bits per heavy atom. The molecule has 6 heteroatoms. The van der Waals surface area contributed by atoms with Crippen LogP contribution in [0, 0.1) is 0 Å². The molecule has 0 bridgehead atoms. The van der Waals surface area contributed by atoms with Crippen LogP contribution in [-0.4, -0.2) is 24.6 Å². The largest absolute Gasteiger partial charge is 0.345 e. The predicted octanol–water partition coefficient (Wildman–Crippen LogP) is 0.918. The van der Waals surface area contributed by atoms with Gasteiger partial charge < -0.3 is 5.32 Å². The second-order valence-electron chi connectivity index (χ2n) is 3.42. The molecule has 92 valence electrons. The second-order valence-corrected chi connectivity index (χ2v) is 4.92. The highest BCUT2D eigenvalue weighted by Crippen LogP contribution is 2.14. The molecule has 0 aliphatic heterocycles. The lowest BCUT2D eigenvalue weighted by molar-refractivity contribution is -0.117. The van der Waals surface area contributed by atoms with Crippen molar-refractivity contribution in [1.82, 2.24) is 5.32 Å². The van der Waals surface area contributed by atoms with Crippen molar-refractivity contribution in [2.45, 2.75) is 6.04 Å². The Morgan fingerprint density at radius 3 is 2.47 bits per heavy atom. The molecular weight excluding hydrogens is 242 g/mol. The summed E-state index contributed by atoms with van der Waals surface area (Å²) in [6.07, 6.45) is 1.04. The topological polar surface area (TPSA) is 83.5 Å². The van der Waals surface area contributed by atoms with Crippen molar-refractivity contribution in [1.29, 1.82) is 0 Å². The minimum Gasteiger partial charge on any atom is -0.345 e. The maximum absolute atomic E-state index is 11.2. The van der Waals surface area contributed by atoms with E-state index >= 15 is 0 Å². The number of carbonyl (C=O) groups is 1. The normalized spacial score (nSPS) is 12.8. The van der Waals surface area contributed by atoms with Gasteiger partial charge in [-0.05, 0) is 11.6 Å². The lowest BCUT2D eigenvalue weighted by atomic mass is 10.1. The molecule has 1 amide bonds. The highest BCUT2D eigenvalue weighted by molar-refractivity contribution is 7.85. The van der Waals surface area contributed by atoms with Gasteiger partial charge in [0.15, 0.2) is 0 Å². The van der Waals surface area contributed by atoms with E-state index in [4.69, 9.17) is 4.55 Å². The van der Waals surface area contributed by atoms with Gasteiger partial charge in [0, 0.05) is 0 Å². The fourth-order valence-electron chi connectivity index (χ4n) is 1.35. The summed E-state index contributed by atoms with van der Waals surface area (Å²) in [5, 5.41) is 2.44. The van der Waals surface area contributed by atoms with Gasteiger partial charge in [-0.1, -0.05) is 36.9 Å². The van der Waals surface area contributed by atoms with Gasteiger partial charge in [-0.3, -0.25) is 9.35 Å². The molecule has 17 heavy (non-hydrogen) atoms. The van der Waals surface area contributed by atoms with Crippen molar-refractivity contribution in [2.24, 2.45) is 0 Å². The Morgan fingerprint density at radius 1 is 1.41 bits per heavy atom. The molecule has 1 atom stereocenters. The van der Waals surface area contributed by atoms with Crippen LogP contribution >= 0.6 is 0 Å². The van der Waals surface area contributed by atoms with Crippen LogP contribution in [0.4, 0.5) is 0 Å². The zero-order valence-electron chi connectivity index (χ0n) is 9.04. The summed E-state index contributed by atoms with van der Waals surface area (Å²) in [7, 11) is -4.17. The molecule has 1 rings (SSSR count). The molecule has 0 saturated heterocycles. The van der Waals surface area contributed by atoms with Crippen LogP contribution in [-0.2, 0) is 14.9 Å². The lowest BCUT2D eigenvalue weighted by Gasteiger charge is -2.16. The zero-order valence-corrected chi connectivity index (χ0v) is 9.85. The molecule has 2 N–H and O–H groups in total. The van der Waals surface area contributed by atoms with Crippen LogP contribution in [0.25, 0.3) is 0 Å². The molecular formula is C11H13NO4S. The number of nitrogens with one attached hydrogen (secondary N) is 1. The fraction of sp³-hybridized carbons (Fsp3) is 0.182. The highest BCUT2D eigenvalue weighted by Gasteiger charge is 2.19. The van der Waals surface area contributed by atoms with Gasteiger partial charge in [0.05, 0.1) is 11.8 Å². The first-order chi connectivity index (χ1) is 7.92. The van der Waals surface area contributed by atoms with Crippen molar-refractivity contribution in [3.8, 4) is 0 Å². The summed E-state index contributed by atoms with van der Waals surface area (Å²) in [5.41, 5.74) is 0.598. The monoisotopic (exact) mass is 255 g/mol. The Bertz CT molecular complexity index is 495. The van der Waals surface area contributed by atoms with E-state index in [-0.39, 0.29) is 0 Å². The van der Waals surface area contributed by atoms with Gasteiger partial charge in [0.2, 0.25) is 5.91 Å².